The molecular formula is C6H19N2O3P. The van der Waals surface area contributed by atoms with E-state index in [1.807, 2.05) is 0 Å². The Morgan fingerprint density at radius 1 is 1.00 bits per heavy atom. The molecule has 0 amide bonds. The van der Waals surface area contributed by atoms with Crippen LogP contribution in [0.3, 0.4) is 0 Å². The molecule has 0 atom stereocenters. The highest BCUT2D eigenvalue weighted by Crippen LogP contribution is 2.05. The van der Waals surface area contributed by atoms with Crippen molar-refractivity contribution >= 4 is 8.53 Å². The average molecular weight is 198 g/mol. The molecule has 0 saturated carbocycles. The molecule has 0 radical (unpaired) electrons. The zero-order valence-electron chi connectivity index (χ0n) is 7.19. The van der Waals surface area contributed by atoms with Crippen LogP contribution in [0.25, 0.3) is 0 Å². The maximum Gasteiger partial charge on any atom is 0.247 e. The van der Waals surface area contributed by atoms with Gasteiger partial charge in [-0.15, -0.1) is 0 Å². The first-order chi connectivity index (χ1) is 5.65. The van der Waals surface area contributed by atoms with E-state index < -0.39 is 8.53 Å². The minimum absolute atomic E-state index is 0.324. The van der Waals surface area contributed by atoms with Crippen LogP contribution >= 0.6 is 8.53 Å². The first-order valence-electron chi connectivity index (χ1n) is 3.88. The van der Waals surface area contributed by atoms with E-state index in [9.17, 15) is 0 Å². The van der Waals surface area contributed by atoms with Crippen LogP contribution in [-0.4, -0.2) is 28.0 Å². The van der Waals surface area contributed by atoms with Crippen molar-refractivity contribution in [3.05, 3.63) is 0 Å². The van der Waals surface area contributed by atoms with Gasteiger partial charge in [0.1, 0.15) is 0 Å². The Hall–Kier alpha value is 0.230. The summed E-state index contributed by atoms with van der Waals surface area (Å²) in [5.41, 5.74) is 9.54. The van der Waals surface area contributed by atoms with Gasteiger partial charge in [0.25, 0.3) is 0 Å². The third-order valence-electron chi connectivity index (χ3n) is 1.11. The van der Waals surface area contributed by atoms with Gasteiger partial charge < -0.3 is 20.6 Å². The summed E-state index contributed by atoms with van der Waals surface area (Å²) in [6.07, 6.45) is 4.31. The van der Waals surface area contributed by atoms with Crippen LogP contribution in [-0.2, 0) is 0 Å². The largest absolute Gasteiger partial charge is 0.396 e. The SMILES string of the molecule is NCCCCCCO.NP(O)O. The van der Waals surface area contributed by atoms with Gasteiger partial charge in [0.15, 0.2) is 0 Å². The second-order valence-electron chi connectivity index (χ2n) is 2.25. The Balaban J connectivity index is 0. The summed E-state index contributed by atoms with van der Waals surface area (Å²) in [4.78, 5) is 14.9. The molecule has 0 fully saturated rings. The summed E-state index contributed by atoms with van der Waals surface area (Å²) in [5, 5.41) is 8.33. The van der Waals surface area contributed by atoms with Crippen molar-refractivity contribution in [1.29, 1.82) is 0 Å². The van der Waals surface area contributed by atoms with E-state index in [1.165, 1.54) is 0 Å². The minimum atomic E-state index is -2.12. The van der Waals surface area contributed by atoms with Crippen molar-refractivity contribution in [3.63, 3.8) is 0 Å². The third-order valence-corrected chi connectivity index (χ3v) is 1.11. The molecule has 0 bridgehead atoms. The van der Waals surface area contributed by atoms with Crippen molar-refractivity contribution in [2.75, 3.05) is 13.2 Å². The van der Waals surface area contributed by atoms with Crippen molar-refractivity contribution in [3.8, 4) is 0 Å². The average Bonchev–Trinajstić information content (AvgIpc) is 1.97. The second kappa shape index (κ2) is 13.8. The molecule has 0 saturated heterocycles. The lowest BCUT2D eigenvalue weighted by molar-refractivity contribution is 0.282. The lowest BCUT2D eigenvalue weighted by Gasteiger charge is -1.93. The summed E-state index contributed by atoms with van der Waals surface area (Å²) < 4.78 is 0. The van der Waals surface area contributed by atoms with Crippen LogP contribution in [0.15, 0.2) is 0 Å². The molecule has 0 aromatic heterocycles. The van der Waals surface area contributed by atoms with Gasteiger partial charge in [0.05, 0.1) is 0 Å². The first kappa shape index (κ1) is 14.7. The zero-order chi connectivity index (χ0) is 9.82. The molecule has 0 aliphatic carbocycles. The smallest absolute Gasteiger partial charge is 0.247 e. The van der Waals surface area contributed by atoms with Crippen molar-refractivity contribution in [1.82, 2.24) is 0 Å². The van der Waals surface area contributed by atoms with Crippen LogP contribution < -0.4 is 11.2 Å². The Labute approximate surface area is 74.4 Å². The molecule has 12 heavy (non-hydrogen) atoms. The fourth-order valence-electron chi connectivity index (χ4n) is 0.610. The summed E-state index contributed by atoms with van der Waals surface area (Å²) in [6, 6.07) is 0. The van der Waals surface area contributed by atoms with E-state index in [1.54, 1.807) is 0 Å². The summed E-state index contributed by atoms with van der Waals surface area (Å²) in [5.74, 6) is 0. The van der Waals surface area contributed by atoms with Gasteiger partial charge in [-0.05, 0) is 19.4 Å². The maximum absolute atomic E-state index is 8.33. The zero-order valence-corrected chi connectivity index (χ0v) is 8.08. The molecule has 5 nitrogen and oxygen atoms in total. The van der Waals surface area contributed by atoms with Crippen LogP contribution in [0, 0.1) is 0 Å². The van der Waals surface area contributed by atoms with Crippen molar-refractivity contribution in [2.24, 2.45) is 11.2 Å². The Kier molecular flexibility index (Phi) is 16.9. The number of unbranched alkanes of at least 4 members (excludes halogenated alkanes) is 3. The number of nitrogens with two attached hydrogens (primary N) is 2. The third kappa shape index (κ3) is 31.9. The predicted molar refractivity (Wildman–Crippen MR) is 50.2 cm³/mol. The maximum atomic E-state index is 8.33. The van der Waals surface area contributed by atoms with Gasteiger partial charge >= 0.3 is 0 Å². The number of aliphatic hydroxyl groups is 1. The Bertz CT molecular complexity index is 67.1. The van der Waals surface area contributed by atoms with Gasteiger partial charge in [-0.25, -0.2) is 0 Å². The van der Waals surface area contributed by atoms with E-state index in [4.69, 9.17) is 20.6 Å². The van der Waals surface area contributed by atoms with Crippen molar-refractivity contribution in [2.45, 2.75) is 25.7 Å². The van der Waals surface area contributed by atoms with Crippen LogP contribution in [0.5, 0.6) is 0 Å². The van der Waals surface area contributed by atoms with Gasteiger partial charge in [0.2, 0.25) is 8.53 Å². The molecule has 7 N–H and O–H groups in total. The Morgan fingerprint density at radius 3 is 1.75 bits per heavy atom. The van der Waals surface area contributed by atoms with Crippen LogP contribution in [0.4, 0.5) is 0 Å². The van der Waals surface area contributed by atoms with Crippen LogP contribution in [0.2, 0.25) is 0 Å². The first-order valence-corrected chi connectivity index (χ1v) is 5.20. The number of aliphatic hydroxyl groups excluding tert-OH is 1. The van der Waals surface area contributed by atoms with Crippen LogP contribution in [0.1, 0.15) is 25.7 Å². The normalized spacial score (nSPS) is 9.50. The van der Waals surface area contributed by atoms with Crippen molar-refractivity contribution < 1.29 is 14.9 Å². The molecule has 0 aromatic rings. The fourth-order valence-corrected chi connectivity index (χ4v) is 0.610. The molecule has 76 valence electrons. The lowest BCUT2D eigenvalue weighted by Crippen LogP contribution is -1.97. The van der Waals surface area contributed by atoms with Gasteiger partial charge in [0, 0.05) is 6.61 Å². The predicted octanol–water partition coefficient (Wildman–Crippen LogP) is -0.346. The van der Waals surface area contributed by atoms with Gasteiger partial charge in [-0.2, -0.15) is 0 Å². The topological polar surface area (TPSA) is 113 Å². The lowest BCUT2D eigenvalue weighted by atomic mass is 10.2. The number of rotatable bonds is 5. The molecule has 6 heteroatoms. The monoisotopic (exact) mass is 198 g/mol. The Morgan fingerprint density at radius 2 is 1.42 bits per heavy atom. The minimum Gasteiger partial charge on any atom is -0.396 e. The molecule has 0 unspecified atom stereocenters. The van der Waals surface area contributed by atoms with E-state index in [-0.39, 0.29) is 0 Å². The highest BCUT2D eigenvalue weighted by Gasteiger charge is 1.84. The highest BCUT2D eigenvalue weighted by atomic mass is 31.2. The molecule has 0 aromatic carbocycles. The standard InChI is InChI=1S/C6H15NO.H4NO2P/c7-5-3-1-2-4-6-8;1-4(2)3/h8H,1-7H2;2-3H,1H2. The quantitative estimate of drug-likeness (QED) is 0.306. The summed E-state index contributed by atoms with van der Waals surface area (Å²) >= 11 is 0. The molecule has 0 rings (SSSR count). The van der Waals surface area contributed by atoms with Gasteiger partial charge in [-0.3, -0.25) is 5.50 Å². The van der Waals surface area contributed by atoms with E-state index in [0.717, 1.165) is 32.2 Å². The molecule has 0 spiro atoms. The molecule has 0 aliphatic rings. The molecule has 0 aliphatic heterocycles. The van der Waals surface area contributed by atoms with Gasteiger partial charge in [-0.1, -0.05) is 12.8 Å². The summed E-state index contributed by atoms with van der Waals surface area (Å²) in [7, 11) is -2.12. The highest BCUT2D eigenvalue weighted by molar-refractivity contribution is 7.42. The van der Waals surface area contributed by atoms with E-state index in [2.05, 4.69) is 5.50 Å². The van der Waals surface area contributed by atoms with E-state index in [0.29, 0.717) is 6.61 Å². The summed E-state index contributed by atoms with van der Waals surface area (Å²) in [6.45, 7) is 1.11. The number of hydrogen-bond donors (Lipinski definition) is 5. The fraction of sp³-hybridized carbons (Fsp3) is 1.00. The second-order valence-corrected chi connectivity index (χ2v) is 2.89. The van der Waals surface area contributed by atoms with E-state index >= 15 is 0 Å². The molecular weight excluding hydrogens is 179 g/mol. The molecule has 0 heterocycles. The number of hydrogen-bond acceptors (Lipinski definition) is 5.